The molecule has 0 saturated carbocycles. The number of ether oxygens (including phenoxy) is 1. The third kappa shape index (κ3) is 5.54. The van der Waals surface area contributed by atoms with Crippen LogP contribution in [0.25, 0.3) is 22.0 Å². The van der Waals surface area contributed by atoms with Crippen molar-refractivity contribution in [2.75, 3.05) is 7.11 Å². The first kappa shape index (κ1) is 23.9. The molecule has 0 aliphatic rings. The second kappa shape index (κ2) is 10.7. The van der Waals surface area contributed by atoms with Gasteiger partial charge in [0.2, 0.25) is 0 Å². The number of nitrogens with zero attached hydrogens (tertiary/aromatic N) is 2. The lowest BCUT2D eigenvalue weighted by Gasteiger charge is -2.14. The second-order valence-corrected chi connectivity index (χ2v) is 7.45. The summed E-state index contributed by atoms with van der Waals surface area (Å²) in [7, 11) is 1.61. The molecule has 2 heterocycles. The Bertz CT molecular complexity index is 1240. The Labute approximate surface area is 194 Å². The van der Waals surface area contributed by atoms with Gasteiger partial charge in [0, 0.05) is 23.7 Å². The molecule has 2 aromatic heterocycles. The molecule has 0 saturated heterocycles. The van der Waals surface area contributed by atoms with E-state index < -0.39 is 12.0 Å². The Morgan fingerprint density at radius 3 is 2.39 bits per heavy atom. The predicted octanol–water partition coefficient (Wildman–Crippen LogP) is 5.02. The lowest BCUT2D eigenvalue weighted by Crippen LogP contribution is -2.13. The molecule has 1 unspecified atom stereocenters. The highest BCUT2D eigenvalue weighted by atomic mass is 16.5. The number of benzene rings is 2. The minimum Gasteiger partial charge on any atom is -0.497 e. The van der Waals surface area contributed by atoms with E-state index in [1.165, 1.54) is 0 Å². The third-order valence-corrected chi connectivity index (χ3v) is 5.27. The number of primary amides is 1. The van der Waals surface area contributed by atoms with Gasteiger partial charge >= 0.3 is 0 Å². The first-order valence-electron chi connectivity index (χ1n) is 10.9. The fraction of sp³-hybridized carbons (Fsp3) is 0.222. The number of pyridine rings is 2. The predicted molar refractivity (Wildman–Crippen MR) is 131 cm³/mol. The van der Waals surface area contributed by atoms with Gasteiger partial charge in [-0.25, -0.2) is 4.98 Å². The van der Waals surface area contributed by atoms with Crippen LogP contribution in [0.1, 0.15) is 47.3 Å². The van der Waals surface area contributed by atoms with Gasteiger partial charge in [0.1, 0.15) is 11.4 Å². The number of carbonyl (C=O) groups excluding carboxylic acids is 1. The van der Waals surface area contributed by atoms with Crippen molar-refractivity contribution in [1.29, 1.82) is 0 Å². The van der Waals surface area contributed by atoms with Gasteiger partial charge in [-0.05, 0) is 59.5 Å². The molecular weight excluding hydrogens is 414 g/mol. The molecule has 1 amide bonds. The minimum absolute atomic E-state index is 0.174. The molecule has 0 aliphatic carbocycles. The highest BCUT2D eigenvalue weighted by molar-refractivity contribution is 6.01. The maximum absolute atomic E-state index is 11.9. The number of rotatable bonds is 6. The number of carbonyl (C=O) groups is 1. The van der Waals surface area contributed by atoms with E-state index >= 15 is 0 Å². The number of aryl methyl sites for hydroxylation is 1. The molecule has 0 spiro atoms. The zero-order valence-corrected chi connectivity index (χ0v) is 19.4. The number of hydrogen-bond donors (Lipinski definition) is 2. The Morgan fingerprint density at radius 1 is 1.06 bits per heavy atom. The number of amides is 1. The summed E-state index contributed by atoms with van der Waals surface area (Å²) in [6, 6.07) is 18.7. The Balaban J connectivity index is 0.00000149. The summed E-state index contributed by atoms with van der Waals surface area (Å²) >= 11 is 0. The molecule has 3 N–H and O–H groups in total. The number of aliphatic hydroxyl groups is 1. The summed E-state index contributed by atoms with van der Waals surface area (Å²) in [5.74, 6) is 0.140. The summed E-state index contributed by atoms with van der Waals surface area (Å²) in [5.41, 5.74) is 10.6. The summed E-state index contributed by atoms with van der Waals surface area (Å²) < 4.78 is 5.23. The van der Waals surface area contributed by atoms with Crippen molar-refractivity contribution in [3.63, 3.8) is 0 Å². The average molecular weight is 444 g/mol. The van der Waals surface area contributed by atoms with Crippen LogP contribution < -0.4 is 10.5 Å². The van der Waals surface area contributed by atoms with Gasteiger partial charge in [-0.1, -0.05) is 44.2 Å². The molecule has 4 aromatic rings. The van der Waals surface area contributed by atoms with Crippen LogP contribution >= 0.6 is 0 Å². The molecule has 0 aliphatic heterocycles. The van der Waals surface area contributed by atoms with Crippen molar-refractivity contribution in [1.82, 2.24) is 9.97 Å². The number of methoxy groups -OCH3 is 1. The van der Waals surface area contributed by atoms with E-state index in [-0.39, 0.29) is 5.69 Å². The smallest absolute Gasteiger partial charge is 0.267 e. The minimum atomic E-state index is -0.725. The van der Waals surface area contributed by atoms with Crippen molar-refractivity contribution in [3.8, 4) is 16.9 Å². The Hall–Kier alpha value is -3.77. The molecule has 6 nitrogen and oxygen atoms in total. The van der Waals surface area contributed by atoms with Gasteiger partial charge in [-0.2, -0.15) is 0 Å². The summed E-state index contributed by atoms with van der Waals surface area (Å²) in [6.07, 6.45) is 1.47. The molecule has 0 radical (unpaired) electrons. The molecule has 2 aromatic carbocycles. The number of hydrogen-bond acceptors (Lipinski definition) is 5. The third-order valence-electron chi connectivity index (χ3n) is 5.27. The fourth-order valence-corrected chi connectivity index (χ4v) is 3.55. The summed E-state index contributed by atoms with van der Waals surface area (Å²) in [4.78, 5) is 20.6. The quantitative estimate of drug-likeness (QED) is 0.436. The van der Waals surface area contributed by atoms with Gasteiger partial charge in [0.05, 0.1) is 18.7 Å². The van der Waals surface area contributed by atoms with Crippen molar-refractivity contribution in [3.05, 3.63) is 89.4 Å². The molecule has 170 valence electrons. The SMILES string of the molecule is CC.COc1ccc(-c2cc(C(N)=O)nc3cc(C(O)Cc4ccc(C)nc4)ccc23)cc1. The van der Waals surface area contributed by atoms with Crippen LogP contribution in [-0.2, 0) is 6.42 Å². The van der Waals surface area contributed by atoms with Crippen molar-refractivity contribution in [2.24, 2.45) is 5.73 Å². The second-order valence-electron chi connectivity index (χ2n) is 7.45. The standard InChI is InChI=1S/C25H23N3O3.C2H6/c1-15-3-4-16(14-27-15)11-24(29)18-7-10-20-21(17-5-8-19(31-2)9-6-17)13-23(25(26)30)28-22(20)12-18;1-2/h3-10,12-14,24,29H,11H2,1-2H3,(H2,26,30);1-2H3. The van der Waals surface area contributed by atoms with Crippen LogP contribution in [0.3, 0.4) is 0 Å². The maximum atomic E-state index is 11.9. The van der Waals surface area contributed by atoms with Gasteiger partial charge in [-0.3, -0.25) is 9.78 Å². The van der Waals surface area contributed by atoms with E-state index in [2.05, 4.69) is 9.97 Å². The van der Waals surface area contributed by atoms with Crippen LogP contribution in [0, 0.1) is 6.92 Å². The number of nitrogens with two attached hydrogens (primary N) is 1. The number of aliphatic hydroxyl groups excluding tert-OH is 1. The Kier molecular flexibility index (Phi) is 7.74. The maximum Gasteiger partial charge on any atom is 0.267 e. The van der Waals surface area contributed by atoms with Gasteiger partial charge in [0.25, 0.3) is 5.91 Å². The van der Waals surface area contributed by atoms with Gasteiger partial charge in [-0.15, -0.1) is 0 Å². The highest BCUT2D eigenvalue weighted by Crippen LogP contribution is 2.32. The highest BCUT2D eigenvalue weighted by Gasteiger charge is 2.15. The summed E-state index contributed by atoms with van der Waals surface area (Å²) in [5, 5.41) is 11.6. The zero-order chi connectivity index (χ0) is 24.0. The summed E-state index contributed by atoms with van der Waals surface area (Å²) in [6.45, 7) is 5.92. The van der Waals surface area contributed by atoms with Crippen LogP contribution in [0.15, 0.2) is 66.9 Å². The number of fused-ring (bicyclic) bond motifs is 1. The molecule has 0 bridgehead atoms. The van der Waals surface area contributed by atoms with Crippen molar-refractivity contribution >= 4 is 16.8 Å². The van der Waals surface area contributed by atoms with Crippen LogP contribution in [0.4, 0.5) is 0 Å². The van der Waals surface area contributed by atoms with Gasteiger partial charge < -0.3 is 15.6 Å². The normalized spacial score (nSPS) is 11.4. The molecule has 4 rings (SSSR count). The molecule has 0 fully saturated rings. The fourth-order valence-electron chi connectivity index (χ4n) is 3.55. The van der Waals surface area contributed by atoms with Gasteiger partial charge in [0.15, 0.2) is 0 Å². The topological polar surface area (TPSA) is 98.3 Å². The number of aromatic nitrogens is 2. The first-order valence-corrected chi connectivity index (χ1v) is 10.9. The van der Waals surface area contributed by atoms with Crippen molar-refractivity contribution < 1.29 is 14.6 Å². The molecule has 33 heavy (non-hydrogen) atoms. The largest absolute Gasteiger partial charge is 0.497 e. The van der Waals surface area contributed by atoms with E-state index in [0.29, 0.717) is 17.5 Å². The first-order chi connectivity index (χ1) is 15.9. The zero-order valence-electron chi connectivity index (χ0n) is 19.4. The van der Waals surface area contributed by atoms with E-state index in [0.717, 1.165) is 33.5 Å². The van der Waals surface area contributed by atoms with Crippen molar-refractivity contribution in [2.45, 2.75) is 33.3 Å². The van der Waals surface area contributed by atoms with Crippen LogP contribution in [-0.4, -0.2) is 28.1 Å². The van der Waals surface area contributed by atoms with Crippen LogP contribution in [0.2, 0.25) is 0 Å². The average Bonchev–Trinajstić information content (AvgIpc) is 2.85. The van der Waals surface area contributed by atoms with Crippen LogP contribution in [0.5, 0.6) is 5.75 Å². The van der Waals surface area contributed by atoms with E-state index in [1.54, 1.807) is 25.4 Å². The molecule has 6 heteroatoms. The molecular formula is C27H29N3O3. The lowest BCUT2D eigenvalue weighted by atomic mass is 9.96. The Morgan fingerprint density at radius 2 is 1.79 bits per heavy atom. The van der Waals surface area contributed by atoms with E-state index in [4.69, 9.17) is 10.5 Å². The van der Waals surface area contributed by atoms with E-state index in [1.807, 2.05) is 69.3 Å². The lowest BCUT2D eigenvalue weighted by molar-refractivity contribution is 0.0996. The molecule has 1 atom stereocenters. The van der Waals surface area contributed by atoms with E-state index in [9.17, 15) is 9.90 Å². The monoisotopic (exact) mass is 443 g/mol.